The summed E-state index contributed by atoms with van der Waals surface area (Å²) in [6, 6.07) is 21.1. The SMILES string of the molecule is CC.Cc1sc2ccccc2c1Cl.O=CN(Cc1cccc(-c2ccc[nH]2)c1)C1CCCCC1. The molecule has 34 heavy (non-hydrogen) atoms. The number of thiophene rings is 1. The van der Waals surface area contributed by atoms with E-state index in [9.17, 15) is 4.79 Å². The van der Waals surface area contributed by atoms with Gasteiger partial charge in [-0.1, -0.05) is 81.1 Å². The van der Waals surface area contributed by atoms with Crippen LogP contribution in [0.15, 0.2) is 66.9 Å². The van der Waals surface area contributed by atoms with Crippen LogP contribution in [0.3, 0.4) is 0 Å². The van der Waals surface area contributed by atoms with Crippen molar-refractivity contribution in [3.8, 4) is 11.3 Å². The number of carbonyl (C=O) groups excluding carboxylic acids is 1. The van der Waals surface area contributed by atoms with Crippen molar-refractivity contribution in [1.29, 1.82) is 0 Å². The molecule has 0 unspecified atom stereocenters. The van der Waals surface area contributed by atoms with E-state index in [1.165, 1.54) is 45.4 Å². The van der Waals surface area contributed by atoms with Gasteiger partial charge in [0.1, 0.15) is 0 Å². The summed E-state index contributed by atoms with van der Waals surface area (Å²) in [7, 11) is 0. The van der Waals surface area contributed by atoms with Crippen LogP contribution < -0.4 is 0 Å². The van der Waals surface area contributed by atoms with Crippen molar-refractivity contribution >= 4 is 39.4 Å². The molecule has 2 heterocycles. The molecule has 1 saturated carbocycles. The van der Waals surface area contributed by atoms with Crippen LogP contribution in [0.2, 0.25) is 5.02 Å². The van der Waals surface area contributed by atoms with Gasteiger partial charge in [0.05, 0.1) is 5.02 Å². The second-order valence-electron chi connectivity index (χ2n) is 8.32. The van der Waals surface area contributed by atoms with Crippen LogP contribution in [0.25, 0.3) is 21.3 Å². The molecule has 1 amide bonds. The van der Waals surface area contributed by atoms with Crippen LogP contribution in [0.4, 0.5) is 0 Å². The highest BCUT2D eigenvalue weighted by Crippen LogP contribution is 2.34. The van der Waals surface area contributed by atoms with Gasteiger partial charge in [0.15, 0.2) is 0 Å². The summed E-state index contributed by atoms with van der Waals surface area (Å²) in [4.78, 5) is 17.9. The number of nitrogens with zero attached hydrogens (tertiary/aromatic N) is 1. The van der Waals surface area contributed by atoms with E-state index in [-0.39, 0.29) is 0 Å². The van der Waals surface area contributed by atoms with E-state index in [1.54, 1.807) is 11.3 Å². The first kappa shape index (κ1) is 26.1. The Morgan fingerprint density at radius 3 is 2.47 bits per heavy atom. The van der Waals surface area contributed by atoms with Crippen molar-refractivity contribution in [1.82, 2.24) is 9.88 Å². The van der Waals surface area contributed by atoms with E-state index in [2.05, 4.69) is 47.4 Å². The Bertz CT molecular complexity index is 1150. The number of amides is 1. The zero-order valence-corrected chi connectivity index (χ0v) is 22.0. The molecule has 4 aromatic rings. The fourth-order valence-corrected chi connectivity index (χ4v) is 5.65. The maximum atomic E-state index is 11.4. The van der Waals surface area contributed by atoms with E-state index in [1.807, 2.05) is 50.1 Å². The highest BCUT2D eigenvalue weighted by molar-refractivity contribution is 7.19. The number of hydrogen-bond donors (Lipinski definition) is 1. The first-order valence-corrected chi connectivity index (χ1v) is 13.4. The second kappa shape index (κ2) is 13.4. The number of aromatic amines is 1. The molecule has 1 aliphatic carbocycles. The summed E-state index contributed by atoms with van der Waals surface area (Å²) in [6.45, 7) is 6.76. The lowest BCUT2D eigenvalue weighted by molar-refractivity contribution is -0.121. The number of benzene rings is 2. The van der Waals surface area contributed by atoms with Gasteiger partial charge < -0.3 is 9.88 Å². The van der Waals surface area contributed by atoms with Crippen LogP contribution >= 0.6 is 22.9 Å². The standard InChI is InChI=1S/C18H22N2O.C9H7ClS.C2H6/c21-14-20(17-8-2-1-3-9-17)13-15-6-4-7-16(12-15)18-10-5-11-19-18;1-6-9(10)7-4-2-3-5-8(7)11-6;1-2/h4-7,10-12,14,17,19H,1-3,8-9,13H2;2-5H,1H3;1-2H3. The Kier molecular flexibility index (Phi) is 10.2. The molecular formula is C29H35ClN2OS. The number of rotatable bonds is 5. The monoisotopic (exact) mass is 494 g/mol. The van der Waals surface area contributed by atoms with Crippen LogP contribution in [-0.2, 0) is 11.3 Å². The van der Waals surface area contributed by atoms with E-state index in [4.69, 9.17) is 11.6 Å². The lowest BCUT2D eigenvalue weighted by atomic mass is 9.94. The average molecular weight is 495 g/mol. The minimum Gasteiger partial charge on any atom is -0.361 e. The molecule has 1 N–H and O–H groups in total. The molecule has 0 radical (unpaired) electrons. The molecule has 2 aromatic carbocycles. The van der Waals surface area contributed by atoms with Gasteiger partial charge in [0.2, 0.25) is 6.41 Å². The first-order valence-electron chi connectivity index (χ1n) is 12.2. The second-order valence-corrected chi connectivity index (χ2v) is 9.96. The topological polar surface area (TPSA) is 36.1 Å². The zero-order chi connectivity index (χ0) is 24.3. The van der Waals surface area contributed by atoms with Gasteiger partial charge in [-0.15, -0.1) is 11.3 Å². The minimum absolute atomic E-state index is 0.422. The maximum absolute atomic E-state index is 11.4. The van der Waals surface area contributed by atoms with E-state index in [0.717, 1.165) is 30.0 Å². The van der Waals surface area contributed by atoms with Crippen LogP contribution in [0, 0.1) is 6.92 Å². The predicted molar refractivity (Wildman–Crippen MR) is 148 cm³/mol. The summed E-state index contributed by atoms with van der Waals surface area (Å²) < 4.78 is 1.27. The van der Waals surface area contributed by atoms with Gasteiger partial charge in [-0.2, -0.15) is 0 Å². The van der Waals surface area contributed by atoms with E-state index in [0.29, 0.717) is 12.6 Å². The summed E-state index contributed by atoms with van der Waals surface area (Å²) in [6.07, 6.45) is 9.06. The summed E-state index contributed by atoms with van der Waals surface area (Å²) in [5, 5.41) is 2.09. The van der Waals surface area contributed by atoms with Gasteiger partial charge in [0, 0.05) is 39.4 Å². The molecule has 0 atom stereocenters. The van der Waals surface area contributed by atoms with Crippen LogP contribution in [0.1, 0.15) is 56.4 Å². The molecule has 2 aromatic heterocycles. The molecule has 3 nitrogen and oxygen atoms in total. The van der Waals surface area contributed by atoms with Crippen molar-refractivity contribution in [3.63, 3.8) is 0 Å². The molecule has 0 aliphatic heterocycles. The third-order valence-corrected chi connectivity index (χ3v) is 7.76. The molecule has 0 spiro atoms. The molecule has 0 saturated heterocycles. The fourth-order valence-electron chi connectivity index (χ4n) is 4.36. The highest BCUT2D eigenvalue weighted by atomic mass is 35.5. The van der Waals surface area contributed by atoms with Gasteiger partial charge in [0.25, 0.3) is 0 Å². The minimum atomic E-state index is 0.422. The largest absolute Gasteiger partial charge is 0.361 e. The quantitative estimate of drug-likeness (QED) is 0.276. The highest BCUT2D eigenvalue weighted by Gasteiger charge is 2.19. The normalized spacial score (nSPS) is 13.4. The van der Waals surface area contributed by atoms with Crippen LogP contribution in [-0.4, -0.2) is 22.3 Å². The van der Waals surface area contributed by atoms with Crippen molar-refractivity contribution in [2.75, 3.05) is 0 Å². The van der Waals surface area contributed by atoms with Crippen molar-refractivity contribution in [2.24, 2.45) is 0 Å². The molecule has 5 rings (SSSR count). The number of nitrogens with one attached hydrogen (secondary N) is 1. The van der Waals surface area contributed by atoms with Gasteiger partial charge in [-0.25, -0.2) is 0 Å². The summed E-state index contributed by atoms with van der Waals surface area (Å²) in [5.41, 5.74) is 3.49. The predicted octanol–water partition coefficient (Wildman–Crippen LogP) is 8.86. The number of H-pyrrole nitrogens is 1. The fraction of sp³-hybridized carbons (Fsp3) is 0.345. The lowest BCUT2D eigenvalue weighted by Gasteiger charge is -2.31. The molecule has 5 heteroatoms. The summed E-state index contributed by atoms with van der Waals surface area (Å²) >= 11 is 7.80. The third kappa shape index (κ3) is 6.74. The van der Waals surface area contributed by atoms with Crippen molar-refractivity contribution < 1.29 is 4.79 Å². The smallest absolute Gasteiger partial charge is 0.210 e. The van der Waals surface area contributed by atoms with Crippen molar-refractivity contribution in [2.45, 2.75) is 65.5 Å². The number of aromatic nitrogens is 1. The van der Waals surface area contributed by atoms with E-state index < -0.39 is 0 Å². The Labute approximate surface area is 212 Å². The number of fused-ring (bicyclic) bond motifs is 1. The molecule has 1 aliphatic rings. The zero-order valence-electron chi connectivity index (χ0n) is 20.4. The van der Waals surface area contributed by atoms with Gasteiger partial charge in [-0.05, 0) is 55.2 Å². The Balaban J connectivity index is 0.000000209. The van der Waals surface area contributed by atoms with E-state index >= 15 is 0 Å². The Hall–Kier alpha value is -2.56. The average Bonchev–Trinajstić information content (AvgIpc) is 3.54. The molecule has 0 bridgehead atoms. The van der Waals surface area contributed by atoms with Crippen molar-refractivity contribution in [3.05, 3.63) is 82.3 Å². The number of carbonyl (C=O) groups is 1. The third-order valence-electron chi connectivity index (χ3n) is 6.08. The number of halogens is 1. The molecule has 180 valence electrons. The molecule has 1 fully saturated rings. The summed E-state index contributed by atoms with van der Waals surface area (Å²) in [5.74, 6) is 0. The Morgan fingerprint density at radius 1 is 1.03 bits per heavy atom. The van der Waals surface area contributed by atoms with Crippen LogP contribution in [0.5, 0.6) is 0 Å². The molecular weight excluding hydrogens is 460 g/mol. The lowest BCUT2D eigenvalue weighted by Crippen LogP contribution is -2.35. The number of aryl methyl sites for hydroxylation is 1. The Morgan fingerprint density at radius 2 is 1.79 bits per heavy atom. The number of hydrogen-bond acceptors (Lipinski definition) is 2. The first-order chi connectivity index (χ1) is 16.7. The van der Waals surface area contributed by atoms with Gasteiger partial charge in [-0.3, -0.25) is 4.79 Å². The maximum Gasteiger partial charge on any atom is 0.210 e. The van der Waals surface area contributed by atoms with Gasteiger partial charge >= 0.3 is 0 Å².